The lowest BCUT2D eigenvalue weighted by atomic mass is 10.0. The minimum absolute atomic E-state index is 0.101. The molecule has 4 aromatic rings. The zero-order valence-corrected chi connectivity index (χ0v) is 41.6. The van der Waals surface area contributed by atoms with Gasteiger partial charge in [0.05, 0.1) is 13.2 Å². The lowest BCUT2D eigenvalue weighted by molar-refractivity contribution is -0.149. The number of hydrogen-bond acceptors (Lipinski definition) is 9. The van der Waals surface area contributed by atoms with Crippen LogP contribution < -0.4 is 0 Å². The first-order chi connectivity index (χ1) is 33.7. The highest BCUT2D eigenvalue weighted by molar-refractivity contribution is 6.11. The number of rotatable bonds is 17. The Bertz CT molecular complexity index is 2310. The first-order valence-corrected chi connectivity index (χ1v) is 24.6. The van der Waals surface area contributed by atoms with Crippen molar-refractivity contribution < 1.29 is 43.3 Å². The van der Waals surface area contributed by atoms with Crippen LogP contribution in [0.4, 0.5) is 0 Å². The first-order valence-electron chi connectivity index (χ1n) is 24.6. The van der Waals surface area contributed by atoms with E-state index in [0.717, 1.165) is 63.3 Å². The van der Waals surface area contributed by atoms with Crippen LogP contribution in [0, 0.1) is 35.5 Å². The smallest absolute Gasteiger partial charge is 0.336 e. The number of aliphatic hydroxyl groups excluding tert-OH is 1. The number of hydrogen-bond donors (Lipinski definition) is 1. The summed E-state index contributed by atoms with van der Waals surface area (Å²) in [6, 6.07) is 27.7. The molecule has 2 aliphatic carbocycles. The molecular weight excluding hydrogens is 881 g/mol. The number of Topliss-reactive ketones (excluding diaryl/α,β-unsaturated/α-hetero) is 3. The summed E-state index contributed by atoms with van der Waals surface area (Å²) < 4.78 is 9.85. The zero-order valence-electron chi connectivity index (χ0n) is 41.6. The second kappa shape index (κ2) is 27.5. The maximum Gasteiger partial charge on any atom is 0.336 e. The van der Waals surface area contributed by atoms with Crippen LogP contribution in [0.25, 0.3) is 0 Å². The predicted molar refractivity (Wildman–Crippen MR) is 271 cm³/mol. The van der Waals surface area contributed by atoms with Crippen LogP contribution in [0.2, 0.25) is 0 Å². The van der Waals surface area contributed by atoms with Gasteiger partial charge in [0.2, 0.25) is 0 Å². The van der Waals surface area contributed by atoms with Gasteiger partial charge in [-0.15, -0.1) is 0 Å². The summed E-state index contributed by atoms with van der Waals surface area (Å²) in [5.41, 5.74) is 6.82. The average molecular weight is 949 g/mol. The molecule has 1 aliphatic heterocycles. The van der Waals surface area contributed by atoms with Gasteiger partial charge in [0, 0.05) is 66.9 Å². The quantitative estimate of drug-likeness (QED) is 0.0625. The van der Waals surface area contributed by atoms with E-state index in [0.29, 0.717) is 17.2 Å². The second-order valence-electron chi connectivity index (χ2n) is 18.3. The zero-order chi connectivity index (χ0) is 50.6. The molecule has 3 atom stereocenters. The van der Waals surface area contributed by atoms with Gasteiger partial charge < -0.3 is 24.4 Å². The van der Waals surface area contributed by atoms with Crippen molar-refractivity contribution in [3.63, 3.8) is 0 Å². The molecule has 1 N–H and O–H groups in total. The van der Waals surface area contributed by atoms with Gasteiger partial charge in [-0.3, -0.25) is 24.0 Å². The highest BCUT2D eigenvalue weighted by atomic mass is 16.5. The van der Waals surface area contributed by atoms with Crippen LogP contribution in [-0.4, -0.2) is 103 Å². The molecule has 1 heterocycles. The Labute approximate surface area is 414 Å². The van der Waals surface area contributed by atoms with Crippen LogP contribution in [0.3, 0.4) is 0 Å². The fourth-order valence-corrected chi connectivity index (χ4v) is 7.83. The van der Waals surface area contributed by atoms with E-state index in [1.165, 1.54) is 83.7 Å². The molecule has 70 heavy (non-hydrogen) atoms. The number of methoxy groups -OCH3 is 1. The SMILES string of the molecule is CC1CCCO1.CCC(=O)C(C(=O)CO)N(C)C(=O)c1ccc(C#Cc2ccc(CCC3CC3)cc2)cc1.CCC(=O)C(C(=O)OC)N(C)C(=O)c1ccc(C#Cc2ccc(CCC3CC3)cc2)cc1. The van der Waals surface area contributed by atoms with Crippen LogP contribution in [0.1, 0.15) is 139 Å². The number of likely N-dealkylation sites (N-methyl/N-ethyl adjacent to an activating group) is 2. The number of amides is 2. The Morgan fingerprint density at radius 2 is 0.957 bits per heavy atom. The Balaban J connectivity index is 0.000000232. The summed E-state index contributed by atoms with van der Waals surface area (Å²) >= 11 is 0. The van der Waals surface area contributed by atoms with E-state index >= 15 is 0 Å². The predicted octanol–water partition coefficient (Wildman–Crippen LogP) is 8.62. The van der Waals surface area contributed by atoms with Crippen LogP contribution in [0.15, 0.2) is 97.1 Å². The largest absolute Gasteiger partial charge is 0.467 e. The molecular formula is C59H68N2O9. The lowest BCUT2D eigenvalue weighted by Crippen LogP contribution is -2.48. The number of nitrogens with zero attached hydrogens (tertiary/aromatic N) is 2. The molecule has 368 valence electrons. The van der Waals surface area contributed by atoms with E-state index in [4.69, 9.17) is 14.6 Å². The van der Waals surface area contributed by atoms with E-state index < -0.39 is 48.0 Å². The molecule has 11 nitrogen and oxygen atoms in total. The molecule has 2 amide bonds. The van der Waals surface area contributed by atoms with E-state index in [9.17, 15) is 28.8 Å². The summed E-state index contributed by atoms with van der Waals surface area (Å²) in [6.07, 6.45) is 13.6. The fraction of sp³-hybridized carbons (Fsp3) is 0.424. The number of carbonyl (C=O) groups is 6. The van der Waals surface area contributed by atoms with Crippen molar-refractivity contribution in [1.82, 2.24) is 9.80 Å². The third kappa shape index (κ3) is 17.1. The molecule has 0 spiro atoms. The van der Waals surface area contributed by atoms with E-state index in [1.807, 2.05) is 24.3 Å². The monoisotopic (exact) mass is 948 g/mol. The van der Waals surface area contributed by atoms with Gasteiger partial charge >= 0.3 is 5.97 Å². The minimum Gasteiger partial charge on any atom is -0.467 e. The third-order valence-corrected chi connectivity index (χ3v) is 12.7. The molecule has 0 aromatic heterocycles. The normalized spacial score (nSPS) is 15.3. The summed E-state index contributed by atoms with van der Waals surface area (Å²) in [5.74, 6) is 11.3. The standard InChI is InChI=1S/2C27H29NO4.C5H10O/c1-4-24(29)25(27(31)32-3)28(2)26(30)23-17-15-22(16-18-23)14-13-21-11-9-20(10-12-21)8-7-19-5-6-19;1-3-24(30)26(25(31)18-29)28(2)27(32)23-16-14-22(15-17-23)13-12-21-10-8-20(9-11-21)7-6-19-4-5-19;1-5-3-2-4-6-5/h9-12,15-19,25H,4-8H2,1-3H3;8-11,14-17,19,26,29H,3-7,18H2,1-2H3;5H,2-4H2,1H3. The van der Waals surface area contributed by atoms with E-state index in [1.54, 1.807) is 62.4 Å². The van der Waals surface area contributed by atoms with Gasteiger partial charge in [-0.05, 0) is 141 Å². The van der Waals surface area contributed by atoms with Crippen molar-refractivity contribution in [1.29, 1.82) is 0 Å². The Hall–Kier alpha value is -6.66. The molecule has 2 saturated carbocycles. The summed E-state index contributed by atoms with van der Waals surface area (Å²) in [4.78, 5) is 76.0. The lowest BCUT2D eigenvalue weighted by Gasteiger charge is -2.25. The molecule has 3 fully saturated rings. The number of carbonyl (C=O) groups excluding carboxylic acids is 6. The molecule has 1 saturated heterocycles. The van der Waals surface area contributed by atoms with Crippen molar-refractivity contribution in [2.45, 2.75) is 116 Å². The molecule has 0 radical (unpaired) electrons. The van der Waals surface area contributed by atoms with E-state index in [-0.39, 0.29) is 18.6 Å². The van der Waals surface area contributed by atoms with Gasteiger partial charge in [0.1, 0.15) is 6.61 Å². The van der Waals surface area contributed by atoms with Crippen LogP contribution in [-0.2, 0) is 41.5 Å². The van der Waals surface area contributed by atoms with Crippen molar-refractivity contribution in [2.24, 2.45) is 11.8 Å². The molecule has 4 aromatic carbocycles. The maximum absolute atomic E-state index is 12.8. The summed E-state index contributed by atoms with van der Waals surface area (Å²) in [6.45, 7) is 5.58. The molecule has 3 aliphatic rings. The summed E-state index contributed by atoms with van der Waals surface area (Å²) in [7, 11) is 4.03. The van der Waals surface area contributed by atoms with Crippen LogP contribution >= 0.6 is 0 Å². The van der Waals surface area contributed by atoms with Gasteiger partial charge in [-0.2, -0.15) is 0 Å². The molecule has 7 rings (SSSR count). The number of aliphatic hydroxyl groups is 1. The number of ether oxygens (including phenoxy) is 2. The molecule has 3 unspecified atom stereocenters. The number of benzene rings is 4. The van der Waals surface area contributed by atoms with Crippen molar-refractivity contribution >= 4 is 35.1 Å². The number of aryl methyl sites for hydroxylation is 2. The highest BCUT2D eigenvalue weighted by Crippen LogP contribution is 2.34. The average Bonchev–Trinajstić information content (AvgIpc) is 4.35. The van der Waals surface area contributed by atoms with Crippen molar-refractivity contribution in [3.8, 4) is 23.7 Å². The van der Waals surface area contributed by atoms with Gasteiger partial charge in [-0.1, -0.05) is 87.5 Å². The topological polar surface area (TPSA) is 148 Å². The molecule has 0 bridgehead atoms. The first kappa shape index (κ1) is 54.3. The van der Waals surface area contributed by atoms with Gasteiger partial charge in [0.15, 0.2) is 29.4 Å². The Morgan fingerprint density at radius 3 is 1.26 bits per heavy atom. The number of ketones is 3. The van der Waals surface area contributed by atoms with Crippen LogP contribution in [0.5, 0.6) is 0 Å². The van der Waals surface area contributed by atoms with E-state index in [2.05, 4.69) is 54.9 Å². The number of esters is 1. The summed E-state index contributed by atoms with van der Waals surface area (Å²) in [5, 5.41) is 9.15. The van der Waals surface area contributed by atoms with Crippen molar-refractivity contribution in [3.05, 3.63) is 142 Å². The minimum atomic E-state index is -1.27. The third-order valence-electron chi connectivity index (χ3n) is 12.7. The fourth-order valence-electron chi connectivity index (χ4n) is 7.83. The molecule has 11 heteroatoms. The maximum atomic E-state index is 12.8. The van der Waals surface area contributed by atoms with Gasteiger partial charge in [0.25, 0.3) is 11.8 Å². The second-order valence-corrected chi connectivity index (χ2v) is 18.3. The van der Waals surface area contributed by atoms with Gasteiger partial charge in [-0.25, -0.2) is 4.79 Å². The highest BCUT2D eigenvalue weighted by Gasteiger charge is 2.34. The van der Waals surface area contributed by atoms with Crippen molar-refractivity contribution in [2.75, 3.05) is 34.4 Å². The Morgan fingerprint density at radius 1 is 0.586 bits per heavy atom. The Kier molecular flexibility index (Phi) is 21.3.